The zero-order valence-electron chi connectivity index (χ0n) is 20.8. The van der Waals surface area contributed by atoms with Crippen molar-refractivity contribution >= 4 is 70.6 Å². The number of carbonyl (C=O) groups excluding carboxylic acids is 1. The molecule has 2 nitrogen and oxygen atoms in total. The van der Waals surface area contributed by atoms with Gasteiger partial charge in [0.05, 0.1) is 0 Å². The van der Waals surface area contributed by atoms with Crippen LogP contribution in [0, 0.1) is 0 Å². The number of rotatable bonds is 5. The van der Waals surface area contributed by atoms with Crippen molar-refractivity contribution in [2.24, 2.45) is 0 Å². The van der Waals surface area contributed by atoms with E-state index < -0.39 is 0 Å². The number of hydrogen-bond donors (Lipinski definition) is 0. The van der Waals surface area contributed by atoms with Crippen LogP contribution in [0.1, 0.15) is 18.4 Å². The number of ether oxygens (including phenoxy) is 1. The summed E-state index contributed by atoms with van der Waals surface area (Å²) in [5, 5.41) is 14.7. The van der Waals surface area contributed by atoms with Gasteiger partial charge in [0.1, 0.15) is 5.75 Å². The molecule has 0 saturated heterocycles. The third kappa shape index (κ3) is 3.17. The van der Waals surface area contributed by atoms with Gasteiger partial charge < -0.3 is 4.74 Å². The molecule has 8 rings (SSSR count). The highest BCUT2D eigenvalue weighted by Gasteiger charge is 2.15. The molecule has 38 heavy (non-hydrogen) atoms. The predicted molar refractivity (Wildman–Crippen MR) is 159 cm³/mol. The molecule has 180 valence electrons. The van der Waals surface area contributed by atoms with E-state index in [1.54, 1.807) is 0 Å². The Kier molecular flexibility index (Phi) is 4.59. The van der Waals surface area contributed by atoms with Gasteiger partial charge in [0.2, 0.25) is 0 Å². The standard InChI is InChI=1S/C36H24O2/c37-32(38-31-21-18-28-15-13-24-6-2-8-26-17-20-30(31)36(28)34(24)26)9-3-4-22-10-11-27-14-12-23-5-1-7-25-16-19-29(22)35(27)33(23)25/h1-2,5-8,10-21H,3-4,9H2. The van der Waals surface area contributed by atoms with Crippen LogP contribution < -0.4 is 4.74 Å². The Morgan fingerprint density at radius 3 is 1.61 bits per heavy atom. The van der Waals surface area contributed by atoms with Gasteiger partial charge in [0.25, 0.3) is 0 Å². The lowest BCUT2D eigenvalue weighted by molar-refractivity contribution is -0.134. The number of benzene rings is 8. The fraction of sp³-hybridized carbons (Fsp3) is 0.0833. The molecule has 0 aliphatic rings. The number of hydrogen-bond acceptors (Lipinski definition) is 2. The van der Waals surface area contributed by atoms with E-state index in [0.29, 0.717) is 12.2 Å². The summed E-state index contributed by atoms with van der Waals surface area (Å²) in [6, 6.07) is 38.7. The lowest BCUT2D eigenvalue weighted by Gasteiger charge is -2.14. The summed E-state index contributed by atoms with van der Waals surface area (Å²) in [7, 11) is 0. The van der Waals surface area contributed by atoms with Crippen LogP contribution in [0.25, 0.3) is 64.6 Å². The smallest absolute Gasteiger partial charge is 0.311 e. The molecule has 0 atom stereocenters. The van der Waals surface area contributed by atoms with E-state index in [1.165, 1.54) is 59.4 Å². The summed E-state index contributed by atoms with van der Waals surface area (Å²) in [5.41, 5.74) is 1.28. The average Bonchev–Trinajstić information content (AvgIpc) is 2.96. The van der Waals surface area contributed by atoms with Gasteiger partial charge in [-0.25, -0.2) is 0 Å². The maximum atomic E-state index is 13.0. The highest BCUT2D eigenvalue weighted by atomic mass is 16.5. The molecule has 8 aromatic carbocycles. The van der Waals surface area contributed by atoms with Gasteiger partial charge in [-0.05, 0) is 84.4 Å². The molecular weight excluding hydrogens is 464 g/mol. The Hall–Kier alpha value is -4.69. The van der Waals surface area contributed by atoms with Crippen LogP contribution >= 0.6 is 0 Å². The number of aryl methyl sites for hydroxylation is 1. The number of carbonyl (C=O) groups is 1. The van der Waals surface area contributed by atoms with Crippen molar-refractivity contribution in [1.82, 2.24) is 0 Å². The second-order valence-electron chi connectivity index (χ2n) is 10.3. The van der Waals surface area contributed by atoms with Crippen LogP contribution in [-0.4, -0.2) is 5.97 Å². The van der Waals surface area contributed by atoms with E-state index in [2.05, 4.69) is 103 Å². The zero-order chi connectivity index (χ0) is 25.2. The molecule has 0 saturated carbocycles. The van der Waals surface area contributed by atoms with Gasteiger partial charge in [-0.1, -0.05) is 97.1 Å². The molecule has 0 fully saturated rings. The van der Waals surface area contributed by atoms with Crippen LogP contribution in [0.15, 0.2) is 109 Å². The number of esters is 1. The van der Waals surface area contributed by atoms with Crippen molar-refractivity contribution in [2.75, 3.05) is 0 Å². The molecule has 2 heteroatoms. The first-order chi connectivity index (χ1) is 18.7. The van der Waals surface area contributed by atoms with Crippen molar-refractivity contribution in [1.29, 1.82) is 0 Å². The summed E-state index contributed by atoms with van der Waals surface area (Å²) in [5.74, 6) is 0.459. The first-order valence-electron chi connectivity index (χ1n) is 13.3. The van der Waals surface area contributed by atoms with Crippen molar-refractivity contribution in [3.05, 3.63) is 115 Å². The Morgan fingerprint density at radius 2 is 0.974 bits per heavy atom. The molecule has 0 heterocycles. The molecule has 0 N–H and O–H groups in total. The van der Waals surface area contributed by atoms with Gasteiger partial charge in [-0.3, -0.25) is 4.79 Å². The zero-order valence-corrected chi connectivity index (χ0v) is 20.8. The van der Waals surface area contributed by atoms with E-state index in [9.17, 15) is 4.79 Å². The molecule has 0 radical (unpaired) electrons. The van der Waals surface area contributed by atoms with E-state index in [1.807, 2.05) is 6.07 Å². The van der Waals surface area contributed by atoms with E-state index >= 15 is 0 Å². The fourth-order valence-corrected chi connectivity index (χ4v) is 6.41. The SMILES string of the molecule is O=C(CCCc1ccc2ccc3cccc4ccc1c2c34)Oc1ccc2ccc3cccc4ccc1c2c34. The molecular formula is C36H24O2. The van der Waals surface area contributed by atoms with Gasteiger partial charge >= 0.3 is 5.97 Å². The lowest BCUT2D eigenvalue weighted by Crippen LogP contribution is -2.08. The Balaban J connectivity index is 1.06. The molecule has 0 aromatic heterocycles. The molecule has 0 spiro atoms. The normalized spacial score (nSPS) is 12.1. The monoisotopic (exact) mass is 488 g/mol. The summed E-state index contributed by atoms with van der Waals surface area (Å²) < 4.78 is 5.95. The van der Waals surface area contributed by atoms with Gasteiger partial charge in [-0.2, -0.15) is 0 Å². The van der Waals surface area contributed by atoms with Crippen molar-refractivity contribution < 1.29 is 9.53 Å². The maximum Gasteiger partial charge on any atom is 0.311 e. The van der Waals surface area contributed by atoms with Crippen LogP contribution in [0.3, 0.4) is 0 Å². The fourth-order valence-electron chi connectivity index (χ4n) is 6.41. The van der Waals surface area contributed by atoms with E-state index in [4.69, 9.17) is 4.74 Å². The summed E-state index contributed by atoms with van der Waals surface area (Å²) >= 11 is 0. The average molecular weight is 489 g/mol. The second-order valence-corrected chi connectivity index (χ2v) is 10.3. The first-order valence-corrected chi connectivity index (χ1v) is 13.3. The predicted octanol–water partition coefficient (Wildman–Crippen LogP) is 9.41. The first kappa shape index (κ1) is 21.4. The van der Waals surface area contributed by atoms with Gasteiger partial charge in [0, 0.05) is 17.2 Å². The van der Waals surface area contributed by atoms with Crippen LogP contribution in [0.5, 0.6) is 5.75 Å². The summed E-state index contributed by atoms with van der Waals surface area (Å²) in [4.78, 5) is 13.0. The minimum atomic E-state index is -0.183. The van der Waals surface area contributed by atoms with Gasteiger partial charge in [0.15, 0.2) is 0 Å². The minimum Gasteiger partial charge on any atom is -0.426 e. The third-order valence-electron chi connectivity index (χ3n) is 8.16. The molecule has 0 unspecified atom stereocenters. The second kappa shape index (κ2) is 8.16. The molecule has 8 aromatic rings. The third-order valence-corrected chi connectivity index (χ3v) is 8.16. The quantitative estimate of drug-likeness (QED) is 0.137. The van der Waals surface area contributed by atoms with Gasteiger partial charge in [-0.15, -0.1) is 0 Å². The van der Waals surface area contributed by atoms with Crippen molar-refractivity contribution in [2.45, 2.75) is 19.3 Å². The summed E-state index contributed by atoms with van der Waals surface area (Å²) in [6.07, 6.45) is 1.96. The Bertz CT molecular complexity index is 2120. The Labute approximate surface area is 219 Å². The summed E-state index contributed by atoms with van der Waals surface area (Å²) in [6.45, 7) is 0. The highest BCUT2D eigenvalue weighted by Crippen LogP contribution is 2.39. The molecule has 0 aliphatic carbocycles. The largest absolute Gasteiger partial charge is 0.426 e. The van der Waals surface area contributed by atoms with E-state index in [0.717, 1.165) is 23.6 Å². The lowest BCUT2D eigenvalue weighted by atomic mass is 9.90. The molecule has 0 aliphatic heterocycles. The minimum absolute atomic E-state index is 0.183. The Morgan fingerprint density at radius 1 is 0.500 bits per heavy atom. The highest BCUT2D eigenvalue weighted by molar-refractivity contribution is 6.25. The maximum absolute atomic E-state index is 13.0. The topological polar surface area (TPSA) is 26.3 Å². The van der Waals surface area contributed by atoms with E-state index in [-0.39, 0.29) is 5.97 Å². The van der Waals surface area contributed by atoms with Crippen molar-refractivity contribution in [3.8, 4) is 5.75 Å². The van der Waals surface area contributed by atoms with Crippen LogP contribution in [0.2, 0.25) is 0 Å². The van der Waals surface area contributed by atoms with Crippen LogP contribution in [0.4, 0.5) is 0 Å². The van der Waals surface area contributed by atoms with Crippen LogP contribution in [-0.2, 0) is 11.2 Å². The molecule has 0 amide bonds. The molecule has 0 bridgehead atoms. The van der Waals surface area contributed by atoms with Crippen molar-refractivity contribution in [3.63, 3.8) is 0 Å².